The third-order valence-electron chi connectivity index (χ3n) is 2.47. The third kappa shape index (κ3) is 3.32. The Morgan fingerprint density at radius 2 is 1.79 bits per heavy atom. The summed E-state index contributed by atoms with van der Waals surface area (Å²) in [5.74, 6) is 0.374. The molecule has 5 heteroatoms. The molecule has 0 aliphatic heterocycles. The molecule has 0 saturated heterocycles. The van der Waals surface area contributed by atoms with Crippen molar-refractivity contribution in [3.05, 3.63) is 48.5 Å². The predicted octanol–water partition coefficient (Wildman–Crippen LogP) is 2.38. The van der Waals surface area contributed by atoms with Crippen LogP contribution in [0.2, 0.25) is 0 Å². The van der Waals surface area contributed by atoms with E-state index < -0.39 is 6.09 Å². The zero-order chi connectivity index (χ0) is 13.7. The highest BCUT2D eigenvalue weighted by Crippen LogP contribution is 2.25. The highest BCUT2D eigenvalue weighted by molar-refractivity contribution is 5.76. The van der Waals surface area contributed by atoms with Gasteiger partial charge in [0.25, 0.3) is 0 Å². The third-order valence-corrected chi connectivity index (χ3v) is 2.47. The number of ether oxygens (including phenoxy) is 1. The molecule has 0 aromatic heterocycles. The molecule has 0 fully saturated rings. The lowest BCUT2D eigenvalue weighted by atomic mass is 10.0. The summed E-state index contributed by atoms with van der Waals surface area (Å²) < 4.78 is 4.82. The van der Waals surface area contributed by atoms with Gasteiger partial charge in [0, 0.05) is 5.69 Å². The molecule has 0 aliphatic carbocycles. The smallest absolute Gasteiger partial charge is 0.409 e. The van der Waals surface area contributed by atoms with E-state index in [1.165, 1.54) is 0 Å². The van der Waals surface area contributed by atoms with Gasteiger partial charge in [0.15, 0.2) is 0 Å². The molecule has 19 heavy (non-hydrogen) atoms. The molecule has 96 valence electrons. The van der Waals surface area contributed by atoms with E-state index in [4.69, 9.17) is 10.5 Å². The molecule has 0 radical (unpaired) electrons. The van der Waals surface area contributed by atoms with Crippen LogP contribution in [0.4, 0.5) is 10.5 Å². The summed E-state index contributed by atoms with van der Waals surface area (Å²) in [6.45, 7) is 0. The molecule has 0 bridgehead atoms. The maximum atomic E-state index is 10.7. The molecule has 5 nitrogen and oxygen atoms in total. The van der Waals surface area contributed by atoms with Crippen molar-refractivity contribution in [3.8, 4) is 16.9 Å². The van der Waals surface area contributed by atoms with Crippen molar-refractivity contribution in [1.82, 2.24) is 0 Å². The quantitative estimate of drug-likeness (QED) is 0.824. The van der Waals surface area contributed by atoms with Crippen LogP contribution in [0.5, 0.6) is 5.75 Å². The molecule has 2 amide bonds. The van der Waals surface area contributed by atoms with Crippen LogP contribution in [0.3, 0.4) is 0 Å². The van der Waals surface area contributed by atoms with Crippen LogP contribution < -0.4 is 15.8 Å². The van der Waals surface area contributed by atoms with Crippen molar-refractivity contribution < 1.29 is 14.3 Å². The number of primary amides is 1. The lowest BCUT2D eigenvalue weighted by Gasteiger charge is -2.06. The van der Waals surface area contributed by atoms with Crippen LogP contribution in [0.1, 0.15) is 0 Å². The molecule has 3 N–H and O–H groups in total. The van der Waals surface area contributed by atoms with Crippen molar-refractivity contribution >= 4 is 18.2 Å². The Kier molecular flexibility index (Phi) is 3.78. The fourth-order valence-electron chi connectivity index (χ4n) is 1.71. The first kappa shape index (κ1) is 12.6. The largest absolute Gasteiger partial charge is 0.410 e. The number of amides is 2. The Morgan fingerprint density at radius 1 is 1.11 bits per heavy atom. The molecule has 0 unspecified atom stereocenters. The molecular formula is C14H12N2O3. The van der Waals surface area contributed by atoms with Gasteiger partial charge >= 0.3 is 6.09 Å². The van der Waals surface area contributed by atoms with Gasteiger partial charge in [-0.15, -0.1) is 0 Å². The summed E-state index contributed by atoms with van der Waals surface area (Å²) in [7, 11) is 0. The monoisotopic (exact) mass is 256 g/mol. The molecule has 0 heterocycles. The van der Waals surface area contributed by atoms with Gasteiger partial charge in [0.2, 0.25) is 6.41 Å². The van der Waals surface area contributed by atoms with Crippen molar-refractivity contribution in [2.45, 2.75) is 0 Å². The van der Waals surface area contributed by atoms with Gasteiger partial charge in [0.05, 0.1) is 0 Å². The number of rotatable bonds is 4. The van der Waals surface area contributed by atoms with Crippen molar-refractivity contribution in [2.75, 3.05) is 5.32 Å². The lowest BCUT2D eigenvalue weighted by Crippen LogP contribution is -2.16. The molecule has 2 aromatic carbocycles. The summed E-state index contributed by atoms with van der Waals surface area (Å²) in [5.41, 5.74) is 7.40. The van der Waals surface area contributed by atoms with Gasteiger partial charge in [-0.1, -0.05) is 24.3 Å². The fraction of sp³-hybridized carbons (Fsp3) is 0. The Balaban J connectivity index is 2.32. The lowest BCUT2D eigenvalue weighted by molar-refractivity contribution is -0.105. The molecule has 2 rings (SSSR count). The second kappa shape index (κ2) is 5.68. The van der Waals surface area contributed by atoms with E-state index in [-0.39, 0.29) is 0 Å². The van der Waals surface area contributed by atoms with Crippen molar-refractivity contribution in [3.63, 3.8) is 0 Å². The summed E-state index contributed by atoms with van der Waals surface area (Å²) >= 11 is 0. The van der Waals surface area contributed by atoms with E-state index in [2.05, 4.69) is 5.32 Å². The maximum absolute atomic E-state index is 10.7. The van der Waals surface area contributed by atoms with Gasteiger partial charge in [-0.2, -0.15) is 0 Å². The van der Waals surface area contributed by atoms with E-state index in [1.807, 2.05) is 24.3 Å². The zero-order valence-electron chi connectivity index (χ0n) is 10.00. The van der Waals surface area contributed by atoms with Crippen LogP contribution in [-0.2, 0) is 4.79 Å². The number of carbonyl (C=O) groups excluding carboxylic acids is 2. The standard InChI is InChI=1S/C14H12N2O3/c15-14(18)19-13-6-2-4-11(8-13)10-3-1-5-12(7-10)16-9-17/h1-9H,(H2,15,18)(H,16,17). The van der Waals surface area contributed by atoms with Gasteiger partial charge in [-0.25, -0.2) is 4.79 Å². The minimum absolute atomic E-state index is 0.374. The summed E-state index contributed by atoms with van der Waals surface area (Å²) in [5, 5.41) is 2.58. The summed E-state index contributed by atoms with van der Waals surface area (Å²) in [4.78, 5) is 21.1. The maximum Gasteiger partial charge on any atom is 0.409 e. The van der Waals surface area contributed by atoms with Crippen molar-refractivity contribution in [1.29, 1.82) is 0 Å². The number of nitrogens with two attached hydrogens (primary N) is 1. The number of anilines is 1. The molecule has 0 atom stereocenters. The SMILES string of the molecule is NC(=O)Oc1cccc(-c2cccc(NC=O)c2)c1. The summed E-state index contributed by atoms with van der Waals surface area (Å²) in [6, 6.07) is 14.3. The molecular weight excluding hydrogens is 244 g/mol. The van der Waals surface area contributed by atoms with Crippen LogP contribution in [-0.4, -0.2) is 12.5 Å². The second-order valence-corrected chi connectivity index (χ2v) is 3.79. The van der Waals surface area contributed by atoms with E-state index in [9.17, 15) is 9.59 Å². The van der Waals surface area contributed by atoms with Crippen LogP contribution in [0.15, 0.2) is 48.5 Å². The number of hydrogen-bond donors (Lipinski definition) is 2. The molecule has 0 aliphatic rings. The first-order valence-corrected chi connectivity index (χ1v) is 5.57. The fourth-order valence-corrected chi connectivity index (χ4v) is 1.71. The first-order chi connectivity index (χ1) is 9.19. The van der Waals surface area contributed by atoms with Gasteiger partial charge < -0.3 is 15.8 Å². The molecule has 0 saturated carbocycles. The predicted molar refractivity (Wildman–Crippen MR) is 71.8 cm³/mol. The number of carbonyl (C=O) groups is 2. The molecule has 2 aromatic rings. The van der Waals surface area contributed by atoms with Gasteiger partial charge in [-0.05, 0) is 35.4 Å². The van der Waals surface area contributed by atoms with Gasteiger partial charge in [-0.3, -0.25) is 4.79 Å². The first-order valence-electron chi connectivity index (χ1n) is 5.57. The normalized spacial score (nSPS) is 9.68. The zero-order valence-corrected chi connectivity index (χ0v) is 10.00. The van der Waals surface area contributed by atoms with Crippen LogP contribution in [0.25, 0.3) is 11.1 Å². The number of nitrogens with one attached hydrogen (secondary N) is 1. The summed E-state index contributed by atoms with van der Waals surface area (Å²) in [6.07, 6.45) is -0.236. The second-order valence-electron chi connectivity index (χ2n) is 3.79. The Bertz CT molecular complexity index is 611. The topological polar surface area (TPSA) is 81.4 Å². The molecule has 0 spiro atoms. The Morgan fingerprint density at radius 3 is 2.47 bits per heavy atom. The Labute approximate surface area is 110 Å². The highest BCUT2D eigenvalue weighted by Gasteiger charge is 2.03. The average Bonchev–Trinajstić information content (AvgIpc) is 2.39. The van der Waals surface area contributed by atoms with Crippen molar-refractivity contribution in [2.24, 2.45) is 5.73 Å². The Hall–Kier alpha value is -2.82. The average molecular weight is 256 g/mol. The van der Waals surface area contributed by atoms with E-state index in [1.54, 1.807) is 24.3 Å². The minimum Gasteiger partial charge on any atom is -0.410 e. The minimum atomic E-state index is -0.853. The number of hydrogen-bond acceptors (Lipinski definition) is 3. The highest BCUT2D eigenvalue weighted by atomic mass is 16.5. The van der Waals surface area contributed by atoms with Crippen LogP contribution >= 0.6 is 0 Å². The number of benzene rings is 2. The van der Waals surface area contributed by atoms with Crippen LogP contribution in [0, 0.1) is 0 Å². The van der Waals surface area contributed by atoms with E-state index >= 15 is 0 Å². The van der Waals surface area contributed by atoms with E-state index in [0.29, 0.717) is 17.8 Å². The van der Waals surface area contributed by atoms with E-state index in [0.717, 1.165) is 11.1 Å². The van der Waals surface area contributed by atoms with Gasteiger partial charge in [0.1, 0.15) is 5.75 Å².